The number of likely N-dealkylation sites (N-methyl/N-ethyl adjacent to an activating group) is 1. The molecule has 1 aliphatic rings. The van der Waals surface area contributed by atoms with Crippen LogP contribution in [0.1, 0.15) is 11.1 Å². The first-order valence-electron chi connectivity index (χ1n) is 6.42. The lowest BCUT2D eigenvalue weighted by atomic mass is 9.97. The van der Waals surface area contributed by atoms with E-state index in [1.807, 2.05) is 48.5 Å². The first kappa shape index (κ1) is 13.1. The number of hydrogen-bond donors (Lipinski definition) is 0. The van der Waals surface area contributed by atoms with Crippen LogP contribution in [0.3, 0.4) is 0 Å². The van der Waals surface area contributed by atoms with E-state index in [1.54, 1.807) is 19.2 Å². The van der Waals surface area contributed by atoms with E-state index in [0.717, 1.165) is 16.7 Å². The third kappa shape index (κ3) is 2.07. The lowest BCUT2D eigenvalue weighted by Crippen LogP contribution is -2.26. The number of fused-ring (bicyclic) bond motifs is 1. The Labute approximate surface area is 119 Å². The van der Waals surface area contributed by atoms with E-state index in [1.165, 1.54) is 4.31 Å². The van der Waals surface area contributed by atoms with Gasteiger partial charge in [-0.3, -0.25) is 0 Å². The van der Waals surface area contributed by atoms with Gasteiger partial charge in [-0.2, -0.15) is 4.31 Å². The highest BCUT2D eigenvalue weighted by Crippen LogP contribution is 2.32. The van der Waals surface area contributed by atoms with Crippen LogP contribution in [0.25, 0.3) is 5.57 Å². The first-order chi connectivity index (χ1) is 9.60. The molecule has 0 spiro atoms. The molecular weight excluding hydrogens is 270 g/mol. The van der Waals surface area contributed by atoms with Gasteiger partial charge in [-0.15, -0.1) is 0 Å². The van der Waals surface area contributed by atoms with Crippen LogP contribution in [-0.2, 0) is 10.0 Å². The summed E-state index contributed by atoms with van der Waals surface area (Å²) in [6.45, 7) is 0.376. The largest absolute Gasteiger partial charge is 0.243 e. The maximum atomic E-state index is 12.5. The Kier molecular flexibility index (Phi) is 3.20. The molecule has 0 amide bonds. The van der Waals surface area contributed by atoms with Gasteiger partial charge < -0.3 is 0 Å². The Hall–Kier alpha value is -1.91. The Morgan fingerprint density at radius 1 is 0.950 bits per heavy atom. The molecule has 0 N–H and O–H groups in total. The van der Waals surface area contributed by atoms with Gasteiger partial charge in [0.25, 0.3) is 0 Å². The topological polar surface area (TPSA) is 37.4 Å². The van der Waals surface area contributed by atoms with Crippen LogP contribution in [0.15, 0.2) is 65.6 Å². The molecule has 0 bridgehead atoms. The average molecular weight is 285 g/mol. The summed E-state index contributed by atoms with van der Waals surface area (Å²) in [6, 6.07) is 17.0. The molecule has 0 aromatic heterocycles. The van der Waals surface area contributed by atoms with Crippen molar-refractivity contribution in [3.63, 3.8) is 0 Å². The van der Waals surface area contributed by atoms with Crippen molar-refractivity contribution < 1.29 is 8.42 Å². The lowest BCUT2D eigenvalue weighted by molar-refractivity contribution is 0.501. The highest BCUT2D eigenvalue weighted by atomic mass is 32.2. The summed E-state index contributed by atoms with van der Waals surface area (Å²) in [5.41, 5.74) is 2.77. The fraction of sp³-hybridized carbons (Fsp3) is 0.125. The van der Waals surface area contributed by atoms with Crippen molar-refractivity contribution in [2.75, 3.05) is 13.6 Å². The van der Waals surface area contributed by atoms with Crippen LogP contribution in [-0.4, -0.2) is 26.3 Å². The standard InChI is InChI=1S/C16H15NO2S/c1-17-12-11-14(13-7-3-2-4-8-13)15-9-5-6-10-16(15)20(17,18)19/h2-11H,12H2,1H3. The monoisotopic (exact) mass is 285 g/mol. The van der Waals surface area contributed by atoms with Crippen LogP contribution in [0, 0.1) is 0 Å². The van der Waals surface area contributed by atoms with Crippen molar-refractivity contribution in [2.24, 2.45) is 0 Å². The molecule has 0 unspecified atom stereocenters. The molecule has 0 saturated carbocycles. The molecule has 0 saturated heterocycles. The number of nitrogens with zero attached hydrogens (tertiary/aromatic N) is 1. The van der Waals surface area contributed by atoms with E-state index in [-0.39, 0.29) is 0 Å². The molecular formula is C16H15NO2S. The van der Waals surface area contributed by atoms with E-state index in [0.29, 0.717) is 11.4 Å². The molecule has 3 rings (SSSR count). The van der Waals surface area contributed by atoms with Crippen molar-refractivity contribution in [1.29, 1.82) is 0 Å². The van der Waals surface area contributed by atoms with Gasteiger partial charge in [0.05, 0.1) is 4.90 Å². The zero-order valence-electron chi connectivity index (χ0n) is 11.2. The van der Waals surface area contributed by atoms with E-state index in [4.69, 9.17) is 0 Å². The molecule has 2 aromatic rings. The second-order valence-corrected chi connectivity index (χ2v) is 6.78. The predicted molar refractivity (Wildman–Crippen MR) is 79.8 cm³/mol. The van der Waals surface area contributed by atoms with Crippen molar-refractivity contribution >= 4 is 15.6 Å². The van der Waals surface area contributed by atoms with E-state index in [2.05, 4.69) is 0 Å². The van der Waals surface area contributed by atoms with Crippen molar-refractivity contribution in [3.05, 3.63) is 71.8 Å². The molecule has 102 valence electrons. The van der Waals surface area contributed by atoms with Crippen LogP contribution in [0.4, 0.5) is 0 Å². The summed E-state index contributed by atoms with van der Waals surface area (Å²) in [5, 5.41) is 0. The first-order valence-corrected chi connectivity index (χ1v) is 7.86. The van der Waals surface area contributed by atoms with Gasteiger partial charge in [0.1, 0.15) is 0 Å². The zero-order valence-corrected chi connectivity index (χ0v) is 12.0. The van der Waals surface area contributed by atoms with Crippen LogP contribution in [0.5, 0.6) is 0 Å². The summed E-state index contributed by atoms with van der Waals surface area (Å²) in [5.74, 6) is 0. The normalized spacial score (nSPS) is 17.9. The lowest BCUT2D eigenvalue weighted by Gasteiger charge is -2.14. The Bertz CT molecular complexity index is 764. The van der Waals surface area contributed by atoms with Gasteiger partial charge in [0.15, 0.2) is 0 Å². The quantitative estimate of drug-likeness (QED) is 0.808. The third-order valence-electron chi connectivity index (χ3n) is 3.50. The minimum absolute atomic E-state index is 0.370. The molecule has 0 aliphatic carbocycles. The van der Waals surface area contributed by atoms with Crippen LogP contribution >= 0.6 is 0 Å². The van der Waals surface area contributed by atoms with Gasteiger partial charge in [0, 0.05) is 19.2 Å². The highest BCUT2D eigenvalue weighted by Gasteiger charge is 2.27. The van der Waals surface area contributed by atoms with Crippen molar-refractivity contribution in [2.45, 2.75) is 4.90 Å². The average Bonchev–Trinajstić information content (AvgIpc) is 2.57. The second kappa shape index (κ2) is 4.89. The Morgan fingerprint density at radius 2 is 1.60 bits per heavy atom. The molecule has 4 heteroatoms. The smallest absolute Gasteiger partial charge is 0.207 e. The third-order valence-corrected chi connectivity index (χ3v) is 5.38. The van der Waals surface area contributed by atoms with E-state index >= 15 is 0 Å². The van der Waals surface area contributed by atoms with Gasteiger partial charge in [-0.25, -0.2) is 8.42 Å². The fourth-order valence-electron chi connectivity index (χ4n) is 2.40. The Morgan fingerprint density at radius 3 is 2.35 bits per heavy atom. The number of rotatable bonds is 1. The van der Waals surface area contributed by atoms with E-state index < -0.39 is 10.0 Å². The summed E-state index contributed by atoms with van der Waals surface area (Å²) < 4.78 is 26.4. The van der Waals surface area contributed by atoms with Crippen molar-refractivity contribution in [3.8, 4) is 0 Å². The maximum absolute atomic E-state index is 12.5. The molecule has 1 aliphatic heterocycles. The molecule has 20 heavy (non-hydrogen) atoms. The van der Waals surface area contributed by atoms with Gasteiger partial charge in [0.2, 0.25) is 10.0 Å². The maximum Gasteiger partial charge on any atom is 0.243 e. The SMILES string of the molecule is CN1CC=C(c2ccccc2)c2ccccc2S1(=O)=O. The number of hydrogen-bond acceptors (Lipinski definition) is 2. The van der Waals surface area contributed by atoms with E-state index in [9.17, 15) is 8.42 Å². The summed E-state index contributed by atoms with van der Waals surface area (Å²) in [6.07, 6.45) is 1.97. The van der Waals surface area contributed by atoms with Crippen LogP contribution < -0.4 is 0 Å². The van der Waals surface area contributed by atoms with Gasteiger partial charge in [-0.05, 0) is 17.2 Å². The predicted octanol–water partition coefficient (Wildman–Crippen LogP) is 2.75. The van der Waals surface area contributed by atoms with Crippen LogP contribution in [0.2, 0.25) is 0 Å². The van der Waals surface area contributed by atoms with Gasteiger partial charge >= 0.3 is 0 Å². The fourth-order valence-corrected chi connectivity index (χ4v) is 3.71. The number of sulfonamides is 1. The summed E-state index contributed by atoms with van der Waals surface area (Å²) >= 11 is 0. The Balaban J connectivity index is 2.27. The number of benzene rings is 2. The minimum Gasteiger partial charge on any atom is -0.207 e. The molecule has 0 fully saturated rings. The van der Waals surface area contributed by atoms with Gasteiger partial charge in [-0.1, -0.05) is 54.6 Å². The zero-order chi connectivity index (χ0) is 14.2. The molecule has 3 nitrogen and oxygen atoms in total. The summed E-state index contributed by atoms with van der Waals surface area (Å²) in [4.78, 5) is 0.370. The molecule has 0 atom stereocenters. The molecule has 1 heterocycles. The minimum atomic E-state index is -3.42. The highest BCUT2D eigenvalue weighted by molar-refractivity contribution is 7.89. The molecule has 2 aromatic carbocycles. The second-order valence-electron chi connectivity index (χ2n) is 4.77. The summed E-state index contributed by atoms with van der Waals surface area (Å²) in [7, 11) is -1.81. The van der Waals surface area contributed by atoms with Crippen molar-refractivity contribution in [1.82, 2.24) is 4.31 Å². The molecule has 0 radical (unpaired) electrons.